The molecule has 0 spiro atoms. The van der Waals surface area contributed by atoms with E-state index in [-0.39, 0.29) is 30.7 Å². The molecule has 0 unspecified atom stereocenters. The molecule has 1 aromatic heterocycles. The molecule has 1 saturated heterocycles. The molecule has 0 bridgehead atoms. The molecular weight excluding hydrogens is 497 g/mol. The Labute approximate surface area is 210 Å². The maximum Gasteiger partial charge on any atom is 0.522 e. The van der Waals surface area contributed by atoms with Crippen LogP contribution in [0.1, 0.15) is 40.2 Å². The molecule has 1 N–H and O–H groups in total. The first-order valence-corrected chi connectivity index (χ1v) is 11.8. The maximum absolute atomic E-state index is 14.6. The van der Waals surface area contributed by atoms with E-state index in [1.807, 2.05) is 0 Å². The van der Waals surface area contributed by atoms with Crippen LogP contribution >= 0.6 is 0 Å². The lowest BCUT2D eigenvalue weighted by Crippen LogP contribution is -2.38. The molecule has 6 nitrogen and oxygen atoms in total. The number of hydrogen-bond acceptors (Lipinski definition) is 3. The van der Waals surface area contributed by atoms with Gasteiger partial charge >= 0.3 is 6.36 Å². The summed E-state index contributed by atoms with van der Waals surface area (Å²) >= 11 is 0. The highest BCUT2D eigenvalue weighted by Crippen LogP contribution is 2.32. The number of benzene rings is 2. The predicted molar refractivity (Wildman–Crippen MR) is 126 cm³/mol. The number of carbonyl (C=O) groups is 2. The van der Waals surface area contributed by atoms with E-state index in [0.717, 1.165) is 0 Å². The first-order chi connectivity index (χ1) is 17.7. The second-order valence-corrected chi connectivity index (χ2v) is 8.88. The van der Waals surface area contributed by atoms with Crippen LogP contribution in [0.15, 0.2) is 48.7 Å². The first-order valence-electron chi connectivity index (χ1n) is 11.8. The third kappa shape index (κ3) is 6.46. The van der Waals surface area contributed by atoms with Gasteiger partial charge in [0.1, 0.15) is 5.82 Å². The van der Waals surface area contributed by atoms with Crippen molar-refractivity contribution in [2.24, 2.45) is 0 Å². The zero-order valence-electron chi connectivity index (χ0n) is 19.9. The molecule has 2 aromatic carbocycles. The van der Waals surface area contributed by atoms with Gasteiger partial charge < -0.3 is 14.8 Å². The van der Waals surface area contributed by atoms with Gasteiger partial charge in [-0.15, -0.1) is 13.2 Å². The van der Waals surface area contributed by atoms with Crippen LogP contribution in [-0.4, -0.2) is 54.0 Å². The van der Waals surface area contributed by atoms with Crippen LogP contribution in [0.4, 0.5) is 22.0 Å². The van der Waals surface area contributed by atoms with E-state index in [9.17, 15) is 31.5 Å². The van der Waals surface area contributed by atoms with Crippen LogP contribution in [-0.2, 0) is 22.6 Å². The minimum atomic E-state index is -4.73. The molecule has 1 fully saturated rings. The van der Waals surface area contributed by atoms with Gasteiger partial charge in [0.15, 0.2) is 6.67 Å². The van der Waals surface area contributed by atoms with Crippen LogP contribution in [0.3, 0.4) is 0 Å². The fourth-order valence-electron chi connectivity index (χ4n) is 4.69. The molecule has 4 rings (SSSR count). The molecule has 3 aromatic rings. The van der Waals surface area contributed by atoms with Gasteiger partial charge in [-0.05, 0) is 42.0 Å². The number of para-hydroxylation sites is 1. The summed E-state index contributed by atoms with van der Waals surface area (Å²) in [6.07, 6.45) is -2.15. The normalized spacial score (nSPS) is 14.8. The van der Waals surface area contributed by atoms with Crippen LogP contribution in [0.5, 0.6) is 0 Å². The Balaban J connectivity index is 1.44. The van der Waals surface area contributed by atoms with Crippen molar-refractivity contribution >= 4 is 22.7 Å². The fourth-order valence-corrected chi connectivity index (χ4v) is 4.69. The molecule has 2 amide bonds. The molecule has 1 aliphatic heterocycles. The number of aromatic nitrogens is 1. The first kappa shape index (κ1) is 26.6. The number of nitrogens with zero attached hydrogens (tertiary/aromatic N) is 2. The molecule has 0 saturated carbocycles. The summed E-state index contributed by atoms with van der Waals surface area (Å²) < 4.78 is 69.6. The van der Waals surface area contributed by atoms with Gasteiger partial charge in [-0.25, -0.2) is 8.78 Å². The van der Waals surface area contributed by atoms with Crippen LogP contribution in [0.25, 0.3) is 10.9 Å². The summed E-state index contributed by atoms with van der Waals surface area (Å²) in [6.45, 7) is -0.934. The molecule has 0 atom stereocenters. The fraction of sp³-hybridized carbons (Fsp3) is 0.385. The van der Waals surface area contributed by atoms with Crippen LogP contribution in [0, 0.1) is 5.82 Å². The number of fused-ring (bicyclic) bond motifs is 1. The number of hydrogen-bond donors (Lipinski definition) is 1. The minimum Gasteiger partial charge on any atom is -0.350 e. The number of amides is 2. The molecule has 37 heavy (non-hydrogen) atoms. The average molecular weight is 524 g/mol. The van der Waals surface area contributed by atoms with Crippen molar-refractivity contribution in [1.29, 1.82) is 0 Å². The van der Waals surface area contributed by atoms with E-state index in [1.165, 1.54) is 12.1 Å². The summed E-state index contributed by atoms with van der Waals surface area (Å²) in [7, 11) is 0. The number of piperidine rings is 1. The molecule has 0 aliphatic carbocycles. The molecule has 198 valence electrons. The Morgan fingerprint density at radius 1 is 1.08 bits per heavy atom. The average Bonchev–Trinajstić information content (AvgIpc) is 3.25. The second kappa shape index (κ2) is 11.3. The van der Waals surface area contributed by atoms with Crippen molar-refractivity contribution in [2.45, 2.75) is 38.2 Å². The van der Waals surface area contributed by atoms with Gasteiger partial charge in [0.05, 0.1) is 12.2 Å². The molecule has 1 aliphatic rings. The topological polar surface area (TPSA) is 63.6 Å². The third-order valence-corrected chi connectivity index (χ3v) is 6.51. The van der Waals surface area contributed by atoms with Gasteiger partial charge in [-0.2, -0.15) is 0 Å². The van der Waals surface area contributed by atoms with Gasteiger partial charge in [-0.1, -0.05) is 30.3 Å². The standard InChI is InChI=1S/C26H26F5N3O3/c27-14-24(35)32-15-17-5-6-22(28)20(13-17)18-7-9-33(10-8-18)25(36)21-16-34(11-12-37-26(29,30)31)23-4-2-1-3-19(21)23/h1-6,13,16,18H,7-12,14-15H2,(H,32,35). The zero-order chi connectivity index (χ0) is 26.6. The largest absolute Gasteiger partial charge is 0.522 e. The lowest BCUT2D eigenvalue weighted by atomic mass is 9.88. The quantitative estimate of drug-likeness (QED) is 0.427. The van der Waals surface area contributed by atoms with E-state index in [4.69, 9.17) is 0 Å². The van der Waals surface area contributed by atoms with E-state index >= 15 is 0 Å². The summed E-state index contributed by atoms with van der Waals surface area (Å²) in [5.74, 6) is -1.50. The van der Waals surface area contributed by atoms with Crippen LogP contribution in [0.2, 0.25) is 0 Å². The number of halogens is 5. The van der Waals surface area contributed by atoms with E-state index < -0.39 is 25.6 Å². The highest BCUT2D eigenvalue weighted by atomic mass is 19.4. The smallest absolute Gasteiger partial charge is 0.350 e. The second-order valence-electron chi connectivity index (χ2n) is 8.88. The third-order valence-electron chi connectivity index (χ3n) is 6.51. The Kier molecular flexibility index (Phi) is 8.11. The van der Waals surface area contributed by atoms with E-state index in [0.29, 0.717) is 53.5 Å². The number of ether oxygens (including phenoxy) is 1. The summed E-state index contributed by atoms with van der Waals surface area (Å²) in [5, 5.41) is 3.06. The highest BCUT2D eigenvalue weighted by molar-refractivity contribution is 6.07. The lowest BCUT2D eigenvalue weighted by molar-refractivity contribution is -0.325. The summed E-state index contributed by atoms with van der Waals surface area (Å²) in [5.41, 5.74) is 2.16. The molecular formula is C26H26F5N3O3. The Hall–Kier alpha value is -3.47. The van der Waals surface area contributed by atoms with Gasteiger partial charge in [0.2, 0.25) is 0 Å². The van der Waals surface area contributed by atoms with Crippen molar-refractivity contribution in [3.63, 3.8) is 0 Å². The molecule has 11 heteroatoms. The Bertz CT molecular complexity index is 1270. The Morgan fingerprint density at radius 2 is 1.81 bits per heavy atom. The van der Waals surface area contributed by atoms with Crippen molar-refractivity contribution in [2.75, 3.05) is 26.4 Å². The van der Waals surface area contributed by atoms with Gasteiger partial charge in [0.25, 0.3) is 11.8 Å². The van der Waals surface area contributed by atoms with E-state index in [1.54, 1.807) is 46.0 Å². The number of alkyl halides is 4. The number of likely N-dealkylation sites (tertiary alicyclic amines) is 1. The Morgan fingerprint density at radius 3 is 2.51 bits per heavy atom. The highest BCUT2D eigenvalue weighted by Gasteiger charge is 2.30. The lowest BCUT2D eigenvalue weighted by Gasteiger charge is -2.32. The SMILES string of the molecule is O=C(CF)NCc1ccc(F)c(C2CCN(C(=O)c3cn(CCOC(F)(F)F)c4ccccc34)CC2)c1. The van der Waals surface area contributed by atoms with Crippen molar-refractivity contribution in [3.05, 3.63) is 71.2 Å². The number of nitrogens with one attached hydrogen (secondary N) is 1. The van der Waals surface area contributed by atoms with Crippen molar-refractivity contribution in [3.8, 4) is 0 Å². The van der Waals surface area contributed by atoms with Crippen molar-refractivity contribution < 1.29 is 36.3 Å². The van der Waals surface area contributed by atoms with Gasteiger partial charge in [-0.3, -0.25) is 14.3 Å². The van der Waals surface area contributed by atoms with E-state index in [2.05, 4.69) is 10.1 Å². The number of rotatable bonds is 8. The zero-order valence-corrected chi connectivity index (χ0v) is 19.9. The molecule has 2 heterocycles. The number of carbonyl (C=O) groups excluding carboxylic acids is 2. The minimum absolute atomic E-state index is 0.0726. The molecule has 0 radical (unpaired) electrons. The predicted octanol–water partition coefficient (Wildman–Crippen LogP) is 4.92. The summed E-state index contributed by atoms with van der Waals surface area (Å²) in [6, 6.07) is 11.5. The van der Waals surface area contributed by atoms with Crippen LogP contribution < -0.4 is 5.32 Å². The van der Waals surface area contributed by atoms with Crippen molar-refractivity contribution in [1.82, 2.24) is 14.8 Å². The monoisotopic (exact) mass is 523 g/mol. The van der Waals surface area contributed by atoms with Gasteiger partial charge in [0, 0.05) is 43.3 Å². The maximum atomic E-state index is 14.6. The summed E-state index contributed by atoms with van der Waals surface area (Å²) in [4.78, 5) is 26.2.